The zero-order valence-corrected chi connectivity index (χ0v) is 12.2. The van der Waals surface area contributed by atoms with Crippen LogP contribution < -0.4 is 16.0 Å². The Labute approximate surface area is 128 Å². The fraction of sp³-hybridized carbons (Fsp3) is 0.438. The molecule has 2 aliphatic rings. The van der Waals surface area contributed by atoms with E-state index in [1.54, 1.807) is 0 Å². The molecule has 1 heterocycles. The number of benzene rings is 1. The maximum Gasteiger partial charge on any atom is 0.322 e. The van der Waals surface area contributed by atoms with E-state index in [2.05, 4.69) is 16.0 Å². The Morgan fingerprint density at radius 3 is 2.50 bits per heavy atom. The van der Waals surface area contributed by atoms with E-state index in [0.717, 1.165) is 18.4 Å². The van der Waals surface area contributed by atoms with E-state index >= 15 is 0 Å². The highest BCUT2D eigenvalue weighted by molar-refractivity contribution is 6.05. The van der Waals surface area contributed by atoms with E-state index in [-0.39, 0.29) is 18.4 Å². The van der Waals surface area contributed by atoms with Gasteiger partial charge in [0.2, 0.25) is 5.91 Å². The molecular formula is C16H19N3O3. The molecule has 3 rings (SSSR count). The van der Waals surface area contributed by atoms with Crippen molar-refractivity contribution in [2.75, 3.05) is 0 Å². The van der Waals surface area contributed by atoms with Crippen molar-refractivity contribution in [3.05, 3.63) is 35.9 Å². The van der Waals surface area contributed by atoms with Gasteiger partial charge in [-0.1, -0.05) is 36.8 Å². The lowest BCUT2D eigenvalue weighted by Gasteiger charge is -2.34. The van der Waals surface area contributed by atoms with Crippen LogP contribution in [0.15, 0.2) is 30.3 Å². The molecule has 1 aliphatic carbocycles. The van der Waals surface area contributed by atoms with E-state index in [1.165, 1.54) is 6.42 Å². The molecule has 0 spiro atoms. The lowest BCUT2D eigenvalue weighted by Crippen LogP contribution is -2.40. The summed E-state index contributed by atoms with van der Waals surface area (Å²) in [5.74, 6) is -0.221. The molecule has 1 saturated carbocycles. The highest BCUT2D eigenvalue weighted by atomic mass is 16.2. The van der Waals surface area contributed by atoms with Crippen LogP contribution in [0.2, 0.25) is 0 Å². The van der Waals surface area contributed by atoms with Gasteiger partial charge in [0.1, 0.15) is 6.04 Å². The third kappa shape index (κ3) is 3.10. The van der Waals surface area contributed by atoms with Gasteiger partial charge < -0.3 is 10.6 Å². The van der Waals surface area contributed by atoms with Crippen LogP contribution in [0.3, 0.4) is 0 Å². The molecule has 1 unspecified atom stereocenters. The first-order chi connectivity index (χ1) is 10.6. The van der Waals surface area contributed by atoms with Gasteiger partial charge in [-0.15, -0.1) is 0 Å². The molecule has 6 nitrogen and oxygen atoms in total. The van der Waals surface area contributed by atoms with Gasteiger partial charge in [0, 0.05) is 0 Å². The Balaban J connectivity index is 1.64. The van der Waals surface area contributed by atoms with Crippen molar-refractivity contribution in [3.8, 4) is 0 Å². The first kappa shape index (κ1) is 14.6. The fourth-order valence-corrected chi connectivity index (χ4v) is 2.93. The van der Waals surface area contributed by atoms with Gasteiger partial charge in [0.25, 0.3) is 5.91 Å². The van der Waals surface area contributed by atoms with Crippen LogP contribution >= 0.6 is 0 Å². The van der Waals surface area contributed by atoms with E-state index < -0.39 is 18.0 Å². The molecular weight excluding hydrogens is 282 g/mol. The predicted molar refractivity (Wildman–Crippen MR) is 79.7 cm³/mol. The molecule has 6 heteroatoms. The molecule has 2 fully saturated rings. The first-order valence-electron chi connectivity index (χ1n) is 7.59. The third-order valence-electron chi connectivity index (χ3n) is 4.34. The highest BCUT2D eigenvalue weighted by Crippen LogP contribution is 2.37. The zero-order valence-electron chi connectivity index (χ0n) is 12.2. The van der Waals surface area contributed by atoms with Crippen molar-refractivity contribution in [2.45, 2.75) is 37.8 Å². The number of hydrogen-bond acceptors (Lipinski definition) is 3. The molecule has 0 radical (unpaired) electrons. The summed E-state index contributed by atoms with van der Waals surface area (Å²) in [5.41, 5.74) is 1.08. The van der Waals surface area contributed by atoms with Gasteiger partial charge in [-0.3, -0.25) is 14.9 Å². The highest BCUT2D eigenvalue weighted by Gasteiger charge is 2.34. The summed E-state index contributed by atoms with van der Waals surface area (Å²) in [4.78, 5) is 34.8. The summed E-state index contributed by atoms with van der Waals surface area (Å²) >= 11 is 0. The summed E-state index contributed by atoms with van der Waals surface area (Å²) in [5, 5.41) is 7.60. The maximum atomic E-state index is 12.2. The Kier molecular flexibility index (Phi) is 4.09. The van der Waals surface area contributed by atoms with E-state index in [4.69, 9.17) is 0 Å². The number of hydrogen-bond donors (Lipinski definition) is 3. The van der Waals surface area contributed by atoms with Crippen molar-refractivity contribution in [1.82, 2.24) is 16.0 Å². The smallest absolute Gasteiger partial charge is 0.322 e. The van der Waals surface area contributed by atoms with Crippen LogP contribution in [-0.4, -0.2) is 23.9 Å². The number of carbonyl (C=O) groups excluding carboxylic acids is 3. The molecule has 1 aromatic carbocycles. The van der Waals surface area contributed by atoms with Crippen LogP contribution in [0, 0.1) is 5.92 Å². The molecule has 1 aliphatic heterocycles. The first-order valence-corrected chi connectivity index (χ1v) is 7.59. The SMILES string of the molecule is O=C(C[C@@H]1NC(=O)NC1=O)NC(c1ccccc1)C1CCC1. The minimum absolute atomic E-state index is 0.0254. The van der Waals surface area contributed by atoms with Crippen molar-refractivity contribution < 1.29 is 14.4 Å². The number of imide groups is 1. The number of amides is 4. The average molecular weight is 301 g/mol. The standard InChI is InChI=1S/C16H19N3O3/c20-13(9-12-15(21)19-16(22)17-12)18-14(11-7-4-8-11)10-5-2-1-3-6-10/h1-3,5-6,11-12,14H,4,7-9H2,(H,18,20)(H2,17,19,21,22)/t12-,14?/m0/s1. The van der Waals surface area contributed by atoms with Crippen LogP contribution in [0.5, 0.6) is 0 Å². The number of urea groups is 1. The lowest BCUT2D eigenvalue weighted by atomic mass is 9.77. The van der Waals surface area contributed by atoms with E-state index in [1.807, 2.05) is 30.3 Å². The molecule has 116 valence electrons. The number of rotatable bonds is 5. The molecule has 3 N–H and O–H groups in total. The second-order valence-electron chi connectivity index (χ2n) is 5.87. The molecule has 0 aromatic heterocycles. The van der Waals surface area contributed by atoms with Gasteiger partial charge in [0.05, 0.1) is 12.5 Å². The van der Waals surface area contributed by atoms with Gasteiger partial charge in [-0.2, -0.15) is 0 Å². The van der Waals surface area contributed by atoms with Crippen molar-refractivity contribution in [3.63, 3.8) is 0 Å². The summed E-state index contributed by atoms with van der Waals surface area (Å²) in [6.07, 6.45) is 3.35. The summed E-state index contributed by atoms with van der Waals surface area (Å²) in [7, 11) is 0. The minimum Gasteiger partial charge on any atom is -0.349 e. The fourth-order valence-electron chi connectivity index (χ4n) is 2.93. The van der Waals surface area contributed by atoms with Crippen LogP contribution in [0.25, 0.3) is 0 Å². The molecule has 22 heavy (non-hydrogen) atoms. The quantitative estimate of drug-likeness (QED) is 0.715. The summed E-state index contributed by atoms with van der Waals surface area (Å²) in [6.45, 7) is 0. The van der Waals surface area contributed by atoms with Crippen molar-refractivity contribution in [2.24, 2.45) is 5.92 Å². The van der Waals surface area contributed by atoms with Gasteiger partial charge in [0.15, 0.2) is 0 Å². The average Bonchev–Trinajstić information content (AvgIpc) is 2.75. The van der Waals surface area contributed by atoms with Crippen LogP contribution in [0.4, 0.5) is 4.79 Å². The summed E-state index contributed by atoms with van der Waals surface area (Å²) < 4.78 is 0. The monoisotopic (exact) mass is 301 g/mol. The van der Waals surface area contributed by atoms with Crippen LogP contribution in [0.1, 0.15) is 37.3 Å². The van der Waals surface area contributed by atoms with Crippen molar-refractivity contribution >= 4 is 17.8 Å². The van der Waals surface area contributed by atoms with Crippen LogP contribution in [-0.2, 0) is 9.59 Å². The van der Waals surface area contributed by atoms with Crippen molar-refractivity contribution in [1.29, 1.82) is 0 Å². The lowest BCUT2D eigenvalue weighted by molar-refractivity contribution is -0.127. The molecule has 1 saturated heterocycles. The molecule has 1 aromatic rings. The van der Waals surface area contributed by atoms with E-state index in [0.29, 0.717) is 5.92 Å². The van der Waals surface area contributed by atoms with E-state index in [9.17, 15) is 14.4 Å². The molecule has 2 atom stereocenters. The third-order valence-corrected chi connectivity index (χ3v) is 4.34. The zero-order chi connectivity index (χ0) is 15.5. The largest absolute Gasteiger partial charge is 0.349 e. The Hall–Kier alpha value is -2.37. The topological polar surface area (TPSA) is 87.3 Å². The second kappa shape index (κ2) is 6.17. The normalized spacial score (nSPS) is 22.5. The van der Waals surface area contributed by atoms with Gasteiger partial charge >= 0.3 is 6.03 Å². The van der Waals surface area contributed by atoms with Gasteiger partial charge in [-0.25, -0.2) is 4.79 Å². The Morgan fingerprint density at radius 2 is 1.95 bits per heavy atom. The molecule has 0 bridgehead atoms. The minimum atomic E-state index is -0.773. The second-order valence-corrected chi connectivity index (χ2v) is 5.87. The maximum absolute atomic E-state index is 12.2. The number of nitrogens with one attached hydrogen (secondary N) is 3. The number of carbonyl (C=O) groups is 3. The Bertz CT molecular complexity index is 584. The summed E-state index contributed by atoms with van der Waals surface area (Å²) in [6, 6.07) is 8.53. The Morgan fingerprint density at radius 1 is 1.23 bits per heavy atom. The predicted octanol–water partition coefficient (Wildman–Crippen LogP) is 1.24. The molecule has 4 amide bonds. The van der Waals surface area contributed by atoms with Gasteiger partial charge in [-0.05, 0) is 24.3 Å².